The molecule has 0 radical (unpaired) electrons. The van der Waals surface area contributed by atoms with Gasteiger partial charge in [0.1, 0.15) is 5.82 Å². The fourth-order valence-corrected chi connectivity index (χ4v) is 4.90. The molecule has 0 saturated carbocycles. The summed E-state index contributed by atoms with van der Waals surface area (Å²) in [6, 6.07) is 12.6. The highest BCUT2D eigenvalue weighted by Crippen LogP contribution is 2.32. The summed E-state index contributed by atoms with van der Waals surface area (Å²) in [5, 5.41) is 0. The maximum absolute atomic E-state index is 13.1. The second-order valence-corrected chi connectivity index (χ2v) is 9.13. The number of nitrogens with zero attached hydrogens (tertiary/aromatic N) is 3. The second-order valence-electron chi connectivity index (χ2n) is 9.13. The smallest absolute Gasteiger partial charge is 0.225 e. The molecule has 0 bridgehead atoms. The summed E-state index contributed by atoms with van der Waals surface area (Å²) in [5.74, 6) is 1.56. The van der Waals surface area contributed by atoms with Crippen LogP contribution in [0.3, 0.4) is 0 Å². The predicted molar refractivity (Wildman–Crippen MR) is 126 cm³/mol. The van der Waals surface area contributed by atoms with Crippen molar-refractivity contribution in [2.75, 3.05) is 31.9 Å². The van der Waals surface area contributed by atoms with Gasteiger partial charge in [0.25, 0.3) is 0 Å². The lowest BCUT2D eigenvalue weighted by Crippen LogP contribution is -2.45. The van der Waals surface area contributed by atoms with Crippen molar-refractivity contribution in [1.82, 2.24) is 14.8 Å². The van der Waals surface area contributed by atoms with E-state index in [-0.39, 0.29) is 5.92 Å². The van der Waals surface area contributed by atoms with Crippen molar-refractivity contribution in [2.24, 2.45) is 11.8 Å². The summed E-state index contributed by atoms with van der Waals surface area (Å²) in [6.45, 7) is 11.0. The number of rotatable bonds is 5. The van der Waals surface area contributed by atoms with Crippen LogP contribution in [0.4, 0.5) is 5.82 Å². The molecule has 1 amide bonds. The van der Waals surface area contributed by atoms with E-state index in [1.54, 1.807) is 6.20 Å². The third-order valence-electron chi connectivity index (χ3n) is 6.91. The zero-order valence-electron chi connectivity index (χ0n) is 18.6. The summed E-state index contributed by atoms with van der Waals surface area (Å²) in [4.78, 5) is 21.7. The quantitative estimate of drug-likeness (QED) is 0.793. The van der Waals surface area contributed by atoms with Gasteiger partial charge in [-0.25, -0.2) is 4.98 Å². The monoisotopic (exact) mass is 418 g/mol. The van der Waals surface area contributed by atoms with Crippen LogP contribution in [0, 0.1) is 18.8 Å². The van der Waals surface area contributed by atoms with Gasteiger partial charge in [0.05, 0.1) is 0 Å². The SMILES string of the molecule is C=C(c1ccc(C)cc1)C1CCN(C(=O)C2CCN(Cc3ccnc(N)c3)CC2)CC1. The van der Waals surface area contributed by atoms with Crippen LogP contribution in [-0.4, -0.2) is 46.9 Å². The number of carbonyl (C=O) groups excluding carboxylic acids is 1. The number of likely N-dealkylation sites (tertiary alicyclic amines) is 2. The molecule has 0 aliphatic carbocycles. The van der Waals surface area contributed by atoms with Crippen LogP contribution in [0.2, 0.25) is 0 Å². The first-order valence-corrected chi connectivity index (χ1v) is 11.5. The number of hydrogen-bond donors (Lipinski definition) is 1. The molecule has 1 aromatic heterocycles. The Morgan fingerprint density at radius 3 is 2.32 bits per heavy atom. The third kappa shape index (κ3) is 5.34. The molecule has 2 aliphatic heterocycles. The molecule has 31 heavy (non-hydrogen) atoms. The van der Waals surface area contributed by atoms with E-state index in [1.807, 2.05) is 12.1 Å². The van der Waals surface area contributed by atoms with Crippen molar-refractivity contribution in [2.45, 2.75) is 39.2 Å². The average Bonchev–Trinajstić information content (AvgIpc) is 2.79. The standard InChI is InChI=1S/C26H34N4O/c1-19-3-5-22(6-4-19)20(2)23-10-15-30(16-11-23)26(31)24-8-13-29(14-9-24)18-21-7-12-28-25(27)17-21/h3-7,12,17,23-24H,2,8-11,13-16,18H2,1H3,(H2,27,28). The zero-order chi connectivity index (χ0) is 21.8. The lowest BCUT2D eigenvalue weighted by molar-refractivity contribution is -0.138. The summed E-state index contributed by atoms with van der Waals surface area (Å²) in [6.07, 6.45) is 5.67. The van der Waals surface area contributed by atoms with Crippen LogP contribution < -0.4 is 5.73 Å². The summed E-state index contributed by atoms with van der Waals surface area (Å²) in [7, 11) is 0. The Hall–Kier alpha value is -2.66. The fraction of sp³-hybridized carbons (Fsp3) is 0.462. The number of nitrogens with two attached hydrogens (primary N) is 1. The first-order valence-electron chi connectivity index (χ1n) is 11.5. The predicted octanol–water partition coefficient (Wildman–Crippen LogP) is 4.14. The molecular formula is C26H34N4O. The normalized spacial score (nSPS) is 18.8. The van der Waals surface area contributed by atoms with Crippen molar-refractivity contribution in [3.63, 3.8) is 0 Å². The summed E-state index contributed by atoms with van der Waals surface area (Å²) >= 11 is 0. The molecule has 2 N–H and O–H groups in total. The topological polar surface area (TPSA) is 62.5 Å². The Bertz CT molecular complexity index is 907. The molecule has 3 heterocycles. The third-order valence-corrected chi connectivity index (χ3v) is 6.91. The van der Waals surface area contributed by atoms with E-state index in [2.05, 4.69) is 52.6 Å². The molecule has 0 spiro atoms. The maximum Gasteiger partial charge on any atom is 0.225 e. The van der Waals surface area contributed by atoms with E-state index in [4.69, 9.17) is 5.73 Å². The van der Waals surface area contributed by atoms with Crippen molar-refractivity contribution < 1.29 is 4.79 Å². The number of pyridine rings is 1. The van der Waals surface area contributed by atoms with Crippen LogP contribution in [-0.2, 0) is 11.3 Å². The van der Waals surface area contributed by atoms with E-state index in [0.717, 1.165) is 58.4 Å². The minimum atomic E-state index is 0.163. The Labute approximate surface area is 186 Å². The van der Waals surface area contributed by atoms with Gasteiger partial charge in [-0.05, 0) is 80.4 Å². The maximum atomic E-state index is 13.1. The minimum Gasteiger partial charge on any atom is -0.384 e. The number of carbonyl (C=O) groups is 1. The average molecular weight is 419 g/mol. The molecule has 2 fully saturated rings. The van der Waals surface area contributed by atoms with Crippen molar-refractivity contribution in [3.05, 3.63) is 65.9 Å². The van der Waals surface area contributed by atoms with E-state index in [1.165, 1.54) is 22.3 Å². The molecule has 5 heteroatoms. The summed E-state index contributed by atoms with van der Waals surface area (Å²) in [5.41, 5.74) is 10.7. The molecule has 2 aromatic rings. The van der Waals surface area contributed by atoms with Gasteiger partial charge in [0.15, 0.2) is 0 Å². The Morgan fingerprint density at radius 2 is 1.68 bits per heavy atom. The van der Waals surface area contributed by atoms with E-state index in [0.29, 0.717) is 17.6 Å². The molecule has 0 atom stereocenters. The number of benzene rings is 1. The largest absolute Gasteiger partial charge is 0.384 e. The second kappa shape index (κ2) is 9.65. The number of aromatic nitrogens is 1. The number of allylic oxidation sites excluding steroid dienone is 1. The highest BCUT2D eigenvalue weighted by Gasteiger charge is 2.31. The number of piperidine rings is 2. The van der Waals surface area contributed by atoms with Gasteiger partial charge in [0, 0.05) is 31.7 Å². The van der Waals surface area contributed by atoms with Gasteiger partial charge in [-0.1, -0.05) is 36.4 Å². The zero-order valence-corrected chi connectivity index (χ0v) is 18.6. The number of nitrogen functional groups attached to an aromatic ring is 1. The lowest BCUT2D eigenvalue weighted by atomic mass is 9.85. The number of hydrogen-bond acceptors (Lipinski definition) is 4. The molecule has 164 valence electrons. The molecule has 2 aliphatic rings. The first kappa shape index (κ1) is 21.6. The first-order chi connectivity index (χ1) is 15.0. The molecule has 0 unspecified atom stereocenters. The van der Waals surface area contributed by atoms with Crippen LogP contribution in [0.25, 0.3) is 5.57 Å². The number of amides is 1. The minimum absolute atomic E-state index is 0.163. The highest BCUT2D eigenvalue weighted by atomic mass is 16.2. The lowest BCUT2D eigenvalue weighted by Gasteiger charge is -2.37. The van der Waals surface area contributed by atoms with Gasteiger partial charge in [-0.15, -0.1) is 0 Å². The van der Waals surface area contributed by atoms with Gasteiger partial charge in [-0.3, -0.25) is 9.69 Å². The molecule has 4 rings (SSSR count). The van der Waals surface area contributed by atoms with Crippen LogP contribution in [0.1, 0.15) is 42.4 Å². The van der Waals surface area contributed by atoms with E-state index < -0.39 is 0 Å². The van der Waals surface area contributed by atoms with Crippen LogP contribution in [0.15, 0.2) is 49.2 Å². The number of anilines is 1. The molecule has 2 saturated heterocycles. The fourth-order valence-electron chi connectivity index (χ4n) is 4.90. The number of aryl methyl sites for hydroxylation is 1. The van der Waals surface area contributed by atoms with E-state index >= 15 is 0 Å². The van der Waals surface area contributed by atoms with Gasteiger partial charge in [-0.2, -0.15) is 0 Å². The van der Waals surface area contributed by atoms with Crippen LogP contribution >= 0.6 is 0 Å². The van der Waals surface area contributed by atoms with E-state index in [9.17, 15) is 4.79 Å². The highest BCUT2D eigenvalue weighted by molar-refractivity contribution is 5.79. The molecule has 1 aromatic carbocycles. The van der Waals surface area contributed by atoms with Gasteiger partial charge in [0.2, 0.25) is 5.91 Å². The molecular weight excluding hydrogens is 384 g/mol. The van der Waals surface area contributed by atoms with Crippen LogP contribution in [0.5, 0.6) is 0 Å². The van der Waals surface area contributed by atoms with Crippen molar-refractivity contribution in [1.29, 1.82) is 0 Å². The van der Waals surface area contributed by atoms with Gasteiger partial charge >= 0.3 is 0 Å². The Morgan fingerprint density at radius 1 is 1.03 bits per heavy atom. The Balaban J connectivity index is 1.24. The Kier molecular flexibility index (Phi) is 6.71. The van der Waals surface area contributed by atoms with Crippen molar-refractivity contribution >= 4 is 17.3 Å². The van der Waals surface area contributed by atoms with Gasteiger partial charge < -0.3 is 10.6 Å². The molecule has 5 nitrogen and oxygen atoms in total. The van der Waals surface area contributed by atoms with Crippen molar-refractivity contribution in [3.8, 4) is 0 Å². The summed E-state index contributed by atoms with van der Waals surface area (Å²) < 4.78 is 0.